The smallest absolute Gasteiger partial charge is 0.195 e. The van der Waals surface area contributed by atoms with Crippen LogP contribution in [0, 0.1) is 0 Å². The Morgan fingerprint density at radius 1 is 0.828 bits per heavy atom. The van der Waals surface area contributed by atoms with Gasteiger partial charge in [0.15, 0.2) is 5.96 Å². The number of rotatable bonds is 8. The highest BCUT2D eigenvalue weighted by atomic mass is 16.5. The molecule has 29 heavy (non-hydrogen) atoms. The Morgan fingerprint density at radius 2 is 1.55 bits per heavy atom. The van der Waals surface area contributed by atoms with Gasteiger partial charge < -0.3 is 15.4 Å². The van der Waals surface area contributed by atoms with Crippen LogP contribution in [0.5, 0.6) is 5.75 Å². The lowest BCUT2D eigenvalue weighted by Gasteiger charge is -2.09. The van der Waals surface area contributed by atoms with E-state index in [2.05, 4.69) is 94.5 Å². The fourth-order valence-electron chi connectivity index (χ4n) is 3.37. The number of hydrogen-bond donors (Lipinski definition) is 2. The van der Waals surface area contributed by atoms with Crippen LogP contribution in [-0.2, 0) is 12.8 Å². The van der Waals surface area contributed by atoms with Gasteiger partial charge in [0.05, 0.1) is 13.2 Å². The van der Waals surface area contributed by atoms with E-state index in [1.807, 2.05) is 0 Å². The average Bonchev–Trinajstić information content (AvgIpc) is 3.28. The molecule has 0 aromatic heterocycles. The van der Waals surface area contributed by atoms with Crippen molar-refractivity contribution in [3.05, 3.63) is 95.6 Å². The first-order valence-corrected chi connectivity index (χ1v) is 10.3. The number of guanidine groups is 1. The standard InChI is InChI=1S/C25H27N3O/c1-2-5-20(6-3-1)7-4-18-29-24-14-10-22(11-15-24)19-21-8-12-23(13-9-21)28-25-26-16-17-27-25/h1-3,5-6,8-15H,4,7,16-19H2,(H2,26,27,28). The molecule has 0 saturated heterocycles. The number of aliphatic imine (C=N–C) groups is 1. The molecule has 0 spiro atoms. The van der Waals surface area contributed by atoms with Crippen LogP contribution in [0.25, 0.3) is 0 Å². The minimum Gasteiger partial charge on any atom is -0.494 e. The molecule has 0 saturated carbocycles. The summed E-state index contributed by atoms with van der Waals surface area (Å²) in [7, 11) is 0. The molecule has 3 aromatic carbocycles. The Hall–Kier alpha value is -3.27. The highest BCUT2D eigenvalue weighted by Gasteiger charge is 2.05. The third-order valence-corrected chi connectivity index (χ3v) is 4.94. The van der Waals surface area contributed by atoms with Gasteiger partial charge in [-0.05, 0) is 60.2 Å². The van der Waals surface area contributed by atoms with Crippen molar-refractivity contribution in [3.63, 3.8) is 0 Å². The van der Waals surface area contributed by atoms with Crippen LogP contribution < -0.4 is 15.4 Å². The van der Waals surface area contributed by atoms with Crippen molar-refractivity contribution in [2.75, 3.05) is 25.0 Å². The number of nitrogens with zero attached hydrogens (tertiary/aromatic N) is 1. The Morgan fingerprint density at radius 3 is 2.24 bits per heavy atom. The number of hydrogen-bond acceptors (Lipinski definition) is 4. The third kappa shape index (κ3) is 5.85. The minimum atomic E-state index is 0.739. The average molecular weight is 386 g/mol. The molecule has 0 unspecified atom stereocenters. The molecule has 4 heteroatoms. The molecule has 1 aliphatic rings. The van der Waals surface area contributed by atoms with Gasteiger partial charge in [0.25, 0.3) is 0 Å². The molecule has 4 nitrogen and oxygen atoms in total. The lowest BCUT2D eigenvalue weighted by molar-refractivity contribution is 0.311. The molecule has 0 bridgehead atoms. The van der Waals surface area contributed by atoms with Gasteiger partial charge in [-0.15, -0.1) is 0 Å². The van der Waals surface area contributed by atoms with Gasteiger partial charge >= 0.3 is 0 Å². The molecule has 0 atom stereocenters. The number of aryl methyl sites for hydroxylation is 1. The third-order valence-electron chi connectivity index (χ3n) is 4.94. The second kappa shape index (κ2) is 9.78. The quantitative estimate of drug-likeness (QED) is 0.555. The maximum atomic E-state index is 5.89. The molecule has 0 amide bonds. The largest absolute Gasteiger partial charge is 0.494 e. The van der Waals surface area contributed by atoms with Crippen molar-refractivity contribution in [2.45, 2.75) is 19.3 Å². The molecule has 0 radical (unpaired) electrons. The summed E-state index contributed by atoms with van der Waals surface area (Å²) in [6.45, 7) is 2.49. The molecule has 3 aromatic rings. The van der Waals surface area contributed by atoms with Crippen molar-refractivity contribution in [3.8, 4) is 5.75 Å². The molecule has 1 aliphatic heterocycles. The number of benzene rings is 3. The predicted octanol–water partition coefficient (Wildman–Crippen LogP) is 4.66. The van der Waals surface area contributed by atoms with Gasteiger partial charge in [0.2, 0.25) is 0 Å². The first kappa shape index (κ1) is 19.1. The highest BCUT2D eigenvalue weighted by molar-refractivity contribution is 5.94. The van der Waals surface area contributed by atoms with Crippen molar-refractivity contribution >= 4 is 11.6 Å². The van der Waals surface area contributed by atoms with Gasteiger partial charge in [-0.1, -0.05) is 54.6 Å². The summed E-state index contributed by atoms with van der Waals surface area (Å²) in [5.41, 5.74) is 4.99. The zero-order valence-corrected chi connectivity index (χ0v) is 16.6. The lowest BCUT2D eigenvalue weighted by atomic mass is 10.0. The molecule has 148 valence electrons. The molecule has 0 aliphatic carbocycles. The highest BCUT2D eigenvalue weighted by Crippen LogP contribution is 2.17. The van der Waals surface area contributed by atoms with Crippen LogP contribution in [0.15, 0.2) is 83.9 Å². The van der Waals surface area contributed by atoms with Gasteiger partial charge in [-0.2, -0.15) is 0 Å². The molecule has 0 fully saturated rings. The number of nitrogens with one attached hydrogen (secondary N) is 2. The minimum absolute atomic E-state index is 0.739. The summed E-state index contributed by atoms with van der Waals surface area (Å²) >= 11 is 0. The molecular formula is C25H27N3O. The fraction of sp³-hybridized carbons (Fsp3) is 0.240. The molecule has 4 rings (SSSR count). The normalized spacial score (nSPS) is 12.9. The summed E-state index contributed by atoms with van der Waals surface area (Å²) < 4.78 is 5.89. The van der Waals surface area contributed by atoms with E-state index in [1.165, 1.54) is 16.7 Å². The van der Waals surface area contributed by atoms with Crippen LogP contribution in [0.1, 0.15) is 23.1 Å². The van der Waals surface area contributed by atoms with Gasteiger partial charge in [-0.3, -0.25) is 4.99 Å². The van der Waals surface area contributed by atoms with E-state index in [1.54, 1.807) is 0 Å². The Bertz CT molecular complexity index is 919. The monoisotopic (exact) mass is 385 g/mol. The maximum absolute atomic E-state index is 5.89. The summed E-state index contributed by atoms with van der Waals surface area (Å²) in [4.78, 5) is 4.35. The zero-order chi connectivity index (χ0) is 19.7. The molecule has 2 N–H and O–H groups in total. The van der Waals surface area contributed by atoms with Crippen LogP contribution in [0.3, 0.4) is 0 Å². The molecular weight excluding hydrogens is 358 g/mol. The van der Waals surface area contributed by atoms with E-state index in [-0.39, 0.29) is 0 Å². The van der Waals surface area contributed by atoms with Gasteiger partial charge in [0.1, 0.15) is 5.75 Å². The maximum Gasteiger partial charge on any atom is 0.195 e. The Labute approximate surface area is 172 Å². The summed E-state index contributed by atoms with van der Waals surface area (Å²) in [6, 6.07) is 27.5. The van der Waals surface area contributed by atoms with E-state index < -0.39 is 0 Å². The first-order valence-electron chi connectivity index (χ1n) is 10.3. The lowest BCUT2D eigenvalue weighted by Crippen LogP contribution is -2.26. The summed E-state index contributed by atoms with van der Waals surface area (Å²) in [5.74, 6) is 1.79. The fourth-order valence-corrected chi connectivity index (χ4v) is 3.37. The van der Waals surface area contributed by atoms with Gasteiger partial charge in [-0.25, -0.2) is 0 Å². The predicted molar refractivity (Wildman–Crippen MR) is 120 cm³/mol. The Kier molecular flexibility index (Phi) is 6.43. The zero-order valence-electron chi connectivity index (χ0n) is 16.6. The van der Waals surface area contributed by atoms with E-state index in [4.69, 9.17) is 4.74 Å². The van der Waals surface area contributed by atoms with Crippen LogP contribution in [0.2, 0.25) is 0 Å². The van der Waals surface area contributed by atoms with E-state index in [0.29, 0.717) is 0 Å². The summed E-state index contributed by atoms with van der Waals surface area (Å²) in [5, 5.41) is 6.51. The topological polar surface area (TPSA) is 45.6 Å². The number of ether oxygens (including phenoxy) is 1. The van der Waals surface area contributed by atoms with E-state index >= 15 is 0 Å². The van der Waals surface area contributed by atoms with Crippen molar-refractivity contribution in [2.24, 2.45) is 4.99 Å². The number of anilines is 1. The summed E-state index contributed by atoms with van der Waals surface area (Å²) in [6.07, 6.45) is 2.98. The van der Waals surface area contributed by atoms with Crippen LogP contribution >= 0.6 is 0 Å². The van der Waals surface area contributed by atoms with Gasteiger partial charge in [0, 0.05) is 12.2 Å². The SMILES string of the molecule is c1ccc(CCCOc2ccc(Cc3ccc(NC4=NCCN4)cc3)cc2)cc1. The van der Waals surface area contributed by atoms with Crippen molar-refractivity contribution in [1.82, 2.24) is 5.32 Å². The van der Waals surface area contributed by atoms with E-state index in [0.717, 1.165) is 56.4 Å². The second-order valence-corrected chi connectivity index (χ2v) is 7.24. The second-order valence-electron chi connectivity index (χ2n) is 7.24. The van der Waals surface area contributed by atoms with Crippen molar-refractivity contribution < 1.29 is 4.74 Å². The van der Waals surface area contributed by atoms with Crippen molar-refractivity contribution in [1.29, 1.82) is 0 Å². The van der Waals surface area contributed by atoms with Crippen LogP contribution in [-0.4, -0.2) is 25.7 Å². The first-order chi connectivity index (χ1) is 14.3. The van der Waals surface area contributed by atoms with Crippen LogP contribution in [0.4, 0.5) is 5.69 Å². The van der Waals surface area contributed by atoms with E-state index in [9.17, 15) is 0 Å². The molecule has 1 heterocycles. The Balaban J connectivity index is 1.22.